The maximum Gasteiger partial charge on any atom is 0.224 e. The lowest BCUT2D eigenvalue weighted by Crippen LogP contribution is -2.45. The van der Waals surface area contributed by atoms with Crippen molar-refractivity contribution in [1.29, 1.82) is 0 Å². The maximum absolute atomic E-state index is 13.1. The molecule has 0 aliphatic carbocycles. The Bertz CT molecular complexity index is 483. The Balaban J connectivity index is 0.00000264. The Labute approximate surface area is 144 Å². The van der Waals surface area contributed by atoms with Gasteiger partial charge in [0.2, 0.25) is 5.91 Å². The molecular weight excluding hydrogens is 317 g/mol. The second kappa shape index (κ2) is 9.85. The average molecular weight is 344 g/mol. The normalized spacial score (nSPS) is 19.7. The Morgan fingerprint density at radius 2 is 2.13 bits per heavy atom. The van der Waals surface area contributed by atoms with Gasteiger partial charge in [-0.05, 0) is 43.5 Å². The van der Waals surface area contributed by atoms with Gasteiger partial charge in [0.15, 0.2) is 0 Å². The van der Waals surface area contributed by atoms with Crippen LogP contribution in [0, 0.1) is 11.7 Å². The Kier molecular flexibility index (Phi) is 8.52. The number of likely N-dealkylation sites (tertiary alicyclic amines) is 1. The number of nitrogens with two attached hydrogens (primary N) is 1. The van der Waals surface area contributed by atoms with Gasteiger partial charge in [0, 0.05) is 25.7 Å². The van der Waals surface area contributed by atoms with Crippen LogP contribution in [0.25, 0.3) is 0 Å². The van der Waals surface area contributed by atoms with Gasteiger partial charge in [-0.15, -0.1) is 12.4 Å². The number of carbonyl (C=O) groups excluding carboxylic acids is 1. The first-order valence-corrected chi connectivity index (χ1v) is 8.13. The van der Waals surface area contributed by atoms with Crippen LogP contribution in [0.4, 0.5) is 4.39 Å². The summed E-state index contributed by atoms with van der Waals surface area (Å²) in [5, 5.41) is 2.89. The first-order valence-electron chi connectivity index (χ1n) is 8.13. The fourth-order valence-electron chi connectivity index (χ4n) is 3.23. The molecule has 0 saturated carbocycles. The summed E-state index contributed by atoms with van der Waals surface area (Å²) in [5.74, 6) is -0.0878. The number of nitrogens with zero attached hydrogens (tertiary/aromatic N) is 1. The van der Waals surface area contributed by atoms with Crippen LogP contribution in [0.3, 0.4) is 0 Å². The van der Waals surface area contributed by atoms with E-state index in [0.717, 1.165) is 37.9 Å². The Morgan fingerprint density at radius 1 is 1.43 bits per heavy atom. The van der Waals surface area contributed by atoms with E-state index in [0.29, 0.717) is 13.1 Å². The van der Waals surface area contributed by atoms with E-state index in [1.807, 2.05) is 12.1 Å². The second-order valence-electron chi connectivity index (χ2n) is 5.89. The molecule has 0 bridgehead atoms. The van der Waals surface area contributed by atoms with Gasteiger partial charge in [0.1, 0.15) is 5.82 Å². The number of piperidine rings is 1. The smallest absolute Gasteiger partial charge is 0.224 e. The highest BCUT2D eigenvalue weighted by molar-refractivity contribution is 5.85. The molecule has 1 amide bonds. The predicted molar refractivity (Wildman–Crippen MR) is 93.0 cm³/mol. The van der Waals surface area contributed by atoms with Crippen molar-refractivity contribution in [2.45, 2.75) is 32.2 Å². The number of rotatable bonds is 6. The predicted octanol–water partition coefficient (Wildman–Crippen LogP) is 2.49. The number of nitrogens with one attached hydrogen (secondary N) is 1. The van der Waals surface area contributed by atoms with Gasteiger partial charge in [-0.3, -0.25) is 9.69 Å². The molecule has 1 aromatic rings. The number of hydrogen-bond acceptors (Lipinski definition) is 3. The lowest BCUT2D eigenvalue weighted by molar-refractivity contribution is -0.127. The lowest BCUT2D eigenvalue weighted by atomic mass is 9.93. The van der Waals surface area contributed by atoms with Crippen LogP contribution in [0.2, 0.25) is 0 Å². The van der Waals surface area contributed by atoms with Crippen LogP contribution in [0.15, 0.2) is 24.3 Å². The maximum atomic E-state index is 13.1. The molecule has 4 nitrogen and oxygen atoms in total. The van der Waals surface area contributed by atoms with Gasteiger partial charge in [0.25, 0.3) is 0 Å². The molecule has 0 aromatic heterocycles. The molecule has 2 atom stereocenters. The molecule has 2 unspecified atom stereocenters. The zero-order valence-corrected chi connectivity index (χ0v) is 14.4. The molecule has 1 aromatic carbocycles. The highest BCUT2D eigenvalue weighted by atomic mass is 35.5. The van der Waals surface area contributed by atoms with E-state index in [1.54, 1.807) is 0 Å². The van der Waals surface area contributed by atoms with Crippen molar-refractivity contribution in [3.63, 3.8) is 0 Å². The number of carbonyl (C=O) groups is 1. The van der Waals surface area contributed by atoms with Crippen molar-refractivity contribution in [2.24, 2.45) is 11.7 Å². The Hall–Kier alpha value is -1.17. The number of halogens is 2. The van der Waals surface area contributed by atoms with Gasteiger partial charge in [-0.25, -0.2) is 4.39 Å². The molecule has 1 aliphatic rings. The summed E-state index contributed by atoms with van der Waals surface area (Å²) in [6.07, 6.45) is 2.88. The van der Waals surface area contributed by atoms with Gasteiger partial charge in [-0.2, -0.15) is 0 Å². The SMILES string of the molecule is CCC(c1ccc(F)cc1)N1CCCC(C(=O)NCCN)C1.Cl. The molecule has 1 saturated heterocycles. The van der Waals surface area contributed by atoms with Gasteiger partial charge in [-0.1, -0.05) is 19.1 Å². The first-order chi connectivity index (χ1) is 10.7. The summed E-state index contributed by atoms with van der Waals surface area (Å²) in [5.41, 5.74) is 6.55. The lowest BCUT2D eigenvalue weighted by Gasteiger charge is -2.37. The summed E-state index contributed by atoms with van der Waals surface area (Å²) in [7, 11) is 0. The molecule has 130 valence electrons. The third kappa shape index (κ3) is 5.44. The van der Waals surface area contributed by atoms with Crippen molar-refractivity contribution >= 4 is 18.3 Å². The number of amides is 1. The third-order valence-electron chi connectivity index (χ3n) is 4.35. The van der Waals surface area contributed by atoms with Crippen molar-refractivity contribution in [1.82, 2.24) is 10.2 Å². The largest absolute Gasteiger partial charge is 0.355 e. The third-order valence-corrected chi connectivity index (χ3v) is 4.35. The molecular formula is C17H27ClFN3O. The highest BCUT2D eigenvalue weighted by Gasteiger charge is 2.29. The van der Waals surface area contributed by atoms with E-state index < -0.39 is 0 Å². The summed E-state index contributed by atoms with van der Waals surface area (Å²) < 4.78 is 13.1. The van der Waals surface area contributed by atoms with E-state index in [1.165, 1.54) is 12.1 Å². The molecule has 0 spiro atoms. The fourth-order valence-corrected chi connectivity index (χ4v) is 3.23. The minimum Gasteiger partial charge on any atom is -0.355 e. The molecule has 1 fully saturated rings. The summed E-state index contributed by atoms with van der Waals surface area (Å²) >= 11 is 0. The van der Waals surface area contributed by atoms with E-state index >= 15 is 0 Å². The average Bonchev–Trinajstić information content (AvgIpc) is 2.55. The standard InChI is InChI=1S/C17H26FN3O.ClH/c1-2-16(13-5-7-15(18)8-6-13)21-11-3-4-14(12-21)17(22)20-10-9-19;/h5-8,14,16H,2-4,9-12,19H2,1H3,(H,20,22);1H. The monoisotopic (exact) mass is 343 g/mol. The van der Waals surface area contributed by atoms with E-state index in [4.69, 9.17) is 5.73 Å². The highest BCUT2D eigenvalue weighted by Crippen LogP contribution is 2.29. The van der Waals surface area contributed by atoms with Crippen LogP contribution >= 0.6 is 12.4 Å². The van der Waals surface area contributed by atoms with E-state index in [-0.39, 0.29) is 36.1 Å². The fraction of sp³-hybridized carbons (Fsp3) is 0.588. The summed E-state index contributed by atoms with van der Waals surface area (Å²) in [6, 6.07) is 6.95. The molecule has 23 heavy (non-hydrogen) atoms. The van der Waals surface area contributed by atoms with Gasteiger partial charge >= 0.3 is 0 Å². The van der Waals surface area contributed by atoms with Crippen molar-refractivity contribution in [2.75, 3.05) is 26.2 Å². The molecule has 3 N–H and O–H groups in total. The van der Waals surface area contributed by atoms with Crippen molar-refractivity contribution in [3.8, 4) is 0 Å². The second-order valence-corrected chi connectivity index (χ2v) is 5.89. The van der Waals surface area contributed by atoms with Crippen LogP contribution in [0.5, 0.6) is 0 Å². The van der Waals surface area contributed by atoms with Crippen LogP contribution in [-0.4, -0.2) is 37.0 Å². The topological polar surface area (TPSA) is 58.4 Å². The zero-order valence-electron chi connectivity index (χ0n) is 13.6. The van der Waals surface area contributed by atoms with Crippen LogP contribution in [0.1, 0.15) is 37.8 Å². The van der Waals surface area contributed by atoms with Crippen molar-refractivity contribution < 1.29 is 9.18 Å². The van der Waals surface area contributed by atoms with Crippen LogP contribution in [-0.2, 0) is 4.79 Å². The molecule has 0 radical (unpaired) electrons. The van der Waals surface area contributed by atoms with Gasteiger partial charge < -0.3 is 11.1 Å². The zero-order chi connectivity index (χ0) is 15.9. The quantitative estimate of drug-likeness (QED) is 0.834. The number of benzene rings is 1. The summed E-state index contributed by atoms with van der Waals surface area (Å²) in [6.45, 7) is 4.87. The minimum absolute atomic E-state index is 0. The molecule has 1 heterocycles. The Morgan fingerprint density at radius 3 is 2.74 bits per heavy atom. The minimum atomic E-state index is -0.212. The van der Waals surface area contributed by atoms with Crippen LogP contribution < -0.4 is 11.1 Å². The molecule has 1 aliphatic heterocycles. The molecule has 2 rings (SSSR count). The van der Waals surface area contributed by atoms with Crippen molar-refractivity contribution in [3.05, 3.63) is 35.6 Å². The molecule has 6 heteroatoms. The summed E-state index contributed by atoms with van der Waals surface area (Å²) in [4.78, 5) is 14.5. The number of hydrogen-bond donors (Lipinski definition) is 2. The van der Waals surface area contributed by atoms with E-state index in [2.05, 4.69) is 17.1 Å². The van der Waals surface area contributed by atoms with Gasteiger partial charge in [0.05, 0.1) is 5.92 Å². The first kappa shape index (κ1) is 19.9. The van der Waals surface area contributed by atoms with E-state index in [9.17, 15) is 9.18 Å².